The number of esters is 1. The molecule has 0 heterocycles. The molecule has 3 nitrogen and oxygen atoms in total. The molecule has 3 aromatic carbocycles. The van der Waals surface area contributed by atoms with Crippen molar-refractivity contribution in [1.29, 1.82) is 0 Å². The molecule has 24 heavy (non-hydrogen) atoms. The largest absolute Gasteiger partial charge is 0.474 e. The Kier molecular flexibility index (Phi) is 5.25. The molecule has 0 aliphatic carbocycles. The highest BCUT2D eigenvalue weighted by atomic mass is 16.6. The Morgan fingerprint density at radius 1 is 0.750 bits per heavy atom. The minimum absolute atomic E-state index is 0.223. The van der Waals surface area contributed by atoms with Gasteiger partial charge in [-0.1, -0.05) is 78.9 Å². The molecule has 3 rings (SSSR count). The molecular weight excluding hydrogens is 300 g/mol. The molecule has 0 aromatic heterocycles. The van der Waals surface area contributed by atoms with Crippen LogP contribution in [-0.2, 0) is 16.1 Å². The van der Waals surface area contributed by atoms with Crippen LogP contribution in [0.25, 0.3) is 0 Å². The summed E-state index contributed by atoms with van der Waals surface area (Å²) in [5.41, 5.74) is 1.71. The van der Waals surface area contributed by atoms with Crippen molar-refractivity contribution in [2.45, 2.75) is 12.7 Å². The second kappa shape index (κ2) is 7.97. The third-order valence-corrected chi connectivity index (χ3v) is 3.54. The van der Waals surface area contributed by atoms with E-state index < -0.39 is 12.1 Å². The van der Waals surface area contributed by atoms with E-state index in [-0.39, 0.29) is 6.61 Å². The molecule has 0 bridgehead atoms. The summed E-state index contributed by atoms with van der Waals surface area (Å²) in [5.74, 6) is 0.219. The zero-order valence-corrected chi connectivity index (χ0v) is 13.2. The van der Waals surface area contributed by atoms with Gasteiger partial charge in [-0.05, 0) is 17.7 Å². The zero-order chi connectivity index (χ0) is 16.6. The van der Waals surface area contributed by atoms with E-state index >= 15 is 0 Å². The molecule has 0 saturated heterocycles. The Balaban J connectivity index is 1.75. The van der Waals surface area contributed by atoms with Crippen LogP contribution in [0.1, 0.15) is 17.2 Å². The van der Waals surface area contributed by atoms with Gasteiger partial charge in [-0.2, -0.15) is 0 Å². The predicted molar refractivity (Wildman–Crippen MR) is 92.5 cm³/mol. The Hall–Kier alpha value is -3.07. The molecule has 1 unspecified atom stereocenters. The van der Waals surface area contributed by atoms with Crippen LogP contribution in [0.15, 0.2) is 91.0 Å². The van der Waals surface area contributed by atoms with Crippen molar-refractivity contribution in [3.63, 3.8) is 0 Å². The fraction of sp³-hybridized carbons (Fsp3) is 0.0952. The summed E-state index contributed by atoms with van der Waals surface area (Å²) < 4.78 is 11.3. The van der Waals surface area contributed by atoms with Crippen LogP contribution >= 0.6 is 0 Å². The lowest BCUT2D eigenvalue weighted by molar-refractivity contribution is -0.153. The number of hydrogen-bond donors (Lipinski definition) is 0. The van der Waals surface area contributed by atoms with Crippen LogP contribution in [0.2, 0.25) is 0 Å². The van der Waals surface area contributed by atoms with Crippen LogP contribution in [0.5, 0.6) is 5.75 Å². The lowest BCUT2D eigenvalue weighted by Crippen LogP contribution is -2.21. The Labute approximate surface area is 141 Å². The van der Waals surface area contributed by atoms with E-state index in [9.17, 15) is 4.79 Å². The standard InChI is InChI=1S/C21H18O3/c22-21(23-16-17-10-4-1-5-11-17)20(18-12-6-2-7-13-18)24-19-14-8-3-9-15-19/h1-15,20H,16H2. The molecule has 3 heteroatoms. The van der Waals surface area contributed by atoms with Gasteiger partial charge >= 0.3 is 5.97 Å². The molecule has 1 atom stereocenters. The van der Waals surface area contributed by atoms with Crippen molar-refractivity contribution in [1.82, 2.24) is 0 Å². The van der Waals surface area contributed by atoms with E-state index in [0.717, 1.165) is 11.1 Å². The van der Waals surface area contributed by atoms with E-state index in [4.69, 9.17) is 9.47 Å². The topological polar surface area (TPSA) is 35.5 Å². The lowest BCUT2D eigenvalue weighted by Gasteiger charge is -2.18. The van der Waals surface area contributed by atoms with Crippen molar-refractivity contribution in [3.05, 3.63) is 102 Å². The first-order valence-corrected chi connectivity index (χ1v) is 7.80. The summed E-state index contributed by atoms with van der Waals surface area (Å²) in [6.45, 7) is 0.223. The molecule has 0 aliphatic heterocycles. The van der Waals surface area contributed by atoms with Crippen LogP contribution in [0, 0.1) is 0 Å². The fourth-order valence-corrected chi connectivity index (χ4v) is 2.32. The molecule has 0 radical (unpaired) electrons. The quantitative estimate of drug-likeness (QED) is 0.625. The summed E-state index contributed by atoms with van der Waals surface area (Å²) in [7, 11) is 0. The first-order chi connectivity index (χ1) is 11.8. The Morgan fingerprint density at radius 2 is 1.29 bits per heavy atom. The number of rotatable bonds is 6. The van der Waals surface area contributed by atoms with Gasteiger partial charge in [0.05, 0.1) is 0 Å². The summed E-state index contributed by atoms with van der Waals surface area (Å²) in [5, 5.41) is 0. The summed E-state index contributed by atoms with van der Waals surface area (Å²) in [6, 6.07) is 28.2. The summed E-state index contributed by atoms with van der Waals surface area (Å²) >= 11 is 0. The van der Waals surface area contributed by atoms with Crippen LogP contribution in [0.3, 0.4) is 0 Å². The van der Waals surface area contributed by atoms with Gasteiger partial charge in [-0.3, -0.25) is 0 Å². The number of benzene rings is 3. The van der Waals surface area contributed by atoms with E-state index in [1.165, 1.54) is 0 Å². The van der Waals surface area contributed by atoms with Crippen LogP contribution in [-0.4, -0.2) is 5.97 Å². The molecular formula is C21H18O3. The molecule has 0 amide bonds. The maximum atomic E-state index is 12.6. The molecule has 3 aromatic rings. The fourth-order valence-electron chi connectivity index (χ4n) is 2.32. The SMILES string of the molecule is O=C(OCc1ccccc1)C(Oc1ccccc1)c1ccccc1. The normalized spacial score (nSPS) is 11.5. The minimum Gasteiger partial charge on any atom is -0.474 e. The predicted octanol–water partition coefficient (Wildman–Crippen LogP) is 4.55. The highest BCUT2D eigenvalue weighted by Crippen LogP contribution is 2.23. The molecule has 0 saturated carbocycles. The van der Waals surface area contributed by atoms with E-state index in [2.05, 4.69) is 0 Å². The van der Waals surface area contributed by atoms with Gasteiger partial charge in [0, 0.05) is 5.56 Å². The third-order valence-electron chi connectivity index (χ3n) is 3.54. The number of para-hydroxylation sites is 1. The van der Waals surface area contributed by atoms with Crippen molar-refractivity contribution >= 4 is 5.97 Å². The first kappa shape index (κ1) is 15.8. The van der Waals surface area contributed by atoms with Crippen molar-refractivity contribution in [3.8, 4) is 5.75 Å². The molecule has 0 spiro atoms. The highest BCUT2D eigenvalue weighted by molar-refractivity contribution is 5.77. The van der Waals surface area contributed by atoms with Crippen molar-refractivity contribution in [2.75, 3.05) is 0 Å². The third kappa shape index (κ3) is 4.23. The summed E-state index contributed by atoms with van der Waals surface area (Å²) in [6.07, 6.45) is -0.794. The number of carbonyl (C=O) groups is 1. The lowest BCUT2D eigenvalue weighted by atomic mass is 10.1. The van der Waals surface area contributed by atoms with E-state index in [0.29, 0.717) is 5.75 Å². The van der Waals surface area contributed by atoms with Gasteiger partial charge in [-0.15, -0.1) is 0 Å². The smallest absolute Gasteiger partial charge is 0.352 e. The van der Waals surface area contributed by atoms with Gasteiger partial charge in [0.2, 0.25) is 6.10 Å². The van der Waals surface area contributed by atoms with Crippen molar-refractivity contribution < 1.29 is 14.3 Å². The Bertz CT molecular complexity index is 755. The molecule has 120 valence electrons. The van der Waals surface area contributed by atoms with Gasteiger partial charge in [0.1, 0.15) is 12.4 Å². The van der Waals surface area contributed by atoms with E-state index in [1.807, 2.05) is 91.0 Å². The maximum absolute atomic E-state index is 12.6. The van der Waals surface area contributed by atoms with Crippen LogP contribution in [0.4, 0.5) is 0 Å². The first-order valence-electron chi connectivity index (χ1n) is 7.80. The molecule has 0 aliphatic rings. The van der Waals surface area contributed by atoms with Gasteiger partial charge < -0.3 is 9.47 Å². The van der Waals surface area contributed by atoms with Gasteiger partial charge in [0.15, 0.2) is 0 Å². The maximum Gasteiger partial charge on any atom is 0.352 e. The average molecular weight is 318 g/mol. The minimum atomic E-state index is -0.794. The van der Waals surface area contributed by atoms with Crippen LogP contribution < -0.4 is 4.74 Å². The van der Waals surface area contributed by atoms with Gasteiger partial charge in [-0.25, -0.2) is 4.79 Å². The second-order valence-corrected chi connectivity index (χ2v) is 5.31. The highest BCUT2D eigenvalue weighted by Gasteiger charge is 2.24. The average Bonchev–Trinajstić information content (AvgIpc) is 2.66. The van der Waals surface area contributed by atoms with E-state index in [1.54, 1.807) is 0 Å². The zero-order valence-electron chi connectivity index (χ0n) is 13.2. The number of hydrogen-bond acceptors (Lipinski definition) is 3. The second-order valence-electron chi connectivity index (χ2n) is 5.31. The number of carbonyl (C=O) groups excluding carboxylic acids is 1. The van der Waals surface area contributed by atoms with Gasteiger partial charge in [0.25, 0.3) is 0 Å². The summed E-state index contributed by atoms with van der Waals surface area (Å²) in [4.78, 5) is 12.6. The Morgan fingerprint density at radius 3 is 1.92 bits per heavy atom. The molecule has 0 N–H and O–H groups in total. The van der Waals surface area contributed by atoms with Crippen molar-refractivity contribution in [2.24, 2.45) is 0 Å². The number of ether oxygens (including phenoxy) is 2. The monoisotopic (exact) mass is 318 g/mol. The molecule has 0 fully saturated rings.